The minimum Gasteiger partial charge on any atom is -0.495 e. The number of rotatable bonds is 13. The molecule has 0 spiro atoms. The lowest BCUT2D eigenvalue weighted by atomic mass is 9.95. The van der Waals surface area contributed by atoms with E-state index in [1.807, 2.05) is 17.0 Å². The molecule has 4 aromatic carbocycles. The molecular formula is C55H59F2N9O7. The van der Waals surface area contributed by atoms with Crippen molar-refractivity contribution >= 4 is 63.2 Å². The number of nitrogens with zero attached hydrogens (tertiary/aromatic N) is 6. The van der Waals surface area contributed by atoms with Gasteiger partial charge in [-0.05, 0) is 136 Å². The summed E-state index contributed by atoms with van der Waals surface area (Å²) in [5.41, 5.74) is 2.09. The molecule has 6 heterocycles. The molecule has 0 bridgehead atoms. The number of piperidine rings is 3. The Labute approximate surface area is 422 Å². The maximum Gasteiger partial charge on any atom is 0.262 e. The van der Waals surface area contributed by atoms with Gasteiger partial charge in [-0.15, -0.1) is 0 Å². The number of benzene rings is 4. The van der Waals surface area contributed by atoms with Crippen molar-refractivity contribution in [1.82, 2.24) is 25.0 Å². The Morgan fingerprint density at radius 3 is 2.00 bits per heavy atom. The molecule has 11 rings (SSSR count). The van der Waals surface area contributed by atoms with Crippen LogP contribution in [-0.2, 0) is 14.4 Å². The van der Waals surface area contributed by atoms with E-state index in [1.165, 1.54) is 36.4 Å². The molecule has 73 heavy (non-hydrogen) atoms. The highest BCUT2D eigenvalue weighted by Gasteiger charge is 2.56. The van der Waals surface area contributed by atoms with Gasteiger partial charge >= 0.3 is 0 Å². The molecule has 5 fully saturated rings. The SMILES string of the molecule is COc1cc2c(Oc3ccc(NC(=O)C4(C(=O)Nc5ccc(F)cc5)CC4)cc3)ccnc2cc1N1CCC(CN2CCN(C3CCN(c4cc5c(cc4F)C(=O)N(C4CCCNC4=O)C5=O)CC3)CC2)CC1. The van der Waals surface area contributed by atoms with Gasteiger partial charge in [-0.1, -0.05) is 0 Å². The first kappa shape index (κ1) is 48.1. The first-order chi connectivity index (χ1) is 35.4. The number of halogens is 2. The Bertz CT molecular complexity index is 2950. The number of ether oxygens (including phenoxy) is 2. The van der Waals surface area contributed by atoms with Gasteiger partial charge < -0.3 is 40.1 Å². The molecule has 18 heteroatoms. The molecule has 1 aromatic heterocycles. The van der Waals surface area contributed by atoms with E-state index in [1.54, 1.807) is 37.6 Å². The van der Waals surface area contributed by atoms with Crippen molar-refractivity contribution in [3.63, 3.8) is 0 Å². The normalized spacial score (nSPS) is 20.7. The number of carbonyl (C=O) groups is 5. The highest BCUT2D eigenvalue weighted by Crippen LogP contribution is 2.48. The summed E-state index contributed by atoms with van der Waals surface area (Å²) in [7, 11) is 1.68. The molecule has 4 saturated heterocycles. The molecule has 6 aliphatic rings. The zero-order valence-electron chi connectivity index (χ0n) is 40.8. The summed E-state index contributed by atoms with van der Waals surface area (Å²) in [5.74, 6) is -0.746. The first-order valence-corrected chi connectivity index (χ1v) is 25.5. The monoisotopic (exact) mass is 995 g/mol. The van der Waals surface area contributed by atoms with Crippen molar-refractivity contribution in [2.24, 2.45) is 11.3 Å². The van der Waals surface area contributed by atoms with E-state index in [0.29, 0.717) is 85.8 Å². The molecule has 1 unspecified atom stereocenters. The molecule has 0 radical (unpaired) electrons. The smallest absolute Gasteiger partial charge is 0.262 e. The van der Waals surface area contributed by atoms with E-state index in [0.717, 1.165) is 98.7 Å². The number of fused-ring (bicyclic) bond motifs is 2. The number of nitrogens with one attached hydrogen (secondary N) is 3. The molecule has 5 aromatic rings. The number of imide groups is 1. The third-order valence-electron chi connectivity index (χ3n) is 15.8. The fourth-order valence-corrected chi connectivity index (χ4v) is 11.4. The summed E-state index contributed by atoms with van der Waals surface area (Å²) >= 11 is 0. The second-order valence-electron chi connectivity index (χ2n) is 20.2. The Kier molecular flexibility index (Phi) is 13.2. The molecule has 1 atom stereocenters. The van der Waals surface area contributed by atoms with Crippen molar-refractivity contribution < 1.29 is 42.2 Å². The average Bonchev–Trinajstić information content (AvgIpc) is 4.20. The standard InChI is InChI=1S/C55H59F2N9O7/c1-72-49-31-42-44(58-20-12-48(42)73-39-10-8-37(9-11-39)61-54(71)55(17-18-55)53(70)60-36-6-4-35(56)5-7-36)32-47(49)65-21-13-34(14-22-65)33-62-25-27-63(28-26-62)38-15-23-64(24-16-38)46-30-41-40(29-43(46)57)51(68)66(52(41)69)45-3-2-19-59-50(45)67/h4-12,20,29-32,34,38,45H,2-3,13-19,21-28,33H2,1H3,(H,59,67)(H,60,70)(H,61,71). The summed E-state index contributed by atoms with van der Waals surface area (Å²) in [6.45, 7) is 8.64. The van der Waals surface area contributed by atoms with Crippen LogP contribution in [-0.4, -0.2) is 134 Å². The van der Waals surface area contributed by atoms with Crippen molar-refractivity contribution in [1.29, 1.82) is 0 Å². The van der Waals surface area contributed by atoms with Gasteiger partial charge in [0.25, 0.3) is 11.8 Å². The highest BCUT2D eigenvalue weighted by atomic mass is 19.1. The summed E-state index contributed by atoms with van der Waals surface area (Å²) < 4.78 is 41.3. The fraction of sp³-hybridized carbons (Fsp3) is 0.418. The van der Waals surface area contributed by atoms with E-state index in [2.05, 4.69) is 36.7 Å². The Hall–Kier alpha value is -7.18. The lowest BCUT2D eigenvalue weighted by Crippen LogP contribution is -2.54. The molecule has 5 amide bonds. The third-order valence-corrected chi connectivity index (χ3v) is 15.8. The Morgan fingerprint density at radius 2 is 1.36 bits per heavy atom. The topological polar surface area (TPSA) is 169 Å². The van der Waals surface area contributed by atoms with Gasteiger partial charge in [0.15, 0.2) is 0 Å². The van der Waals surface area contributed by atoms with Crippen LogP contribution >= 0.6 is 0 Å². The van der Waals surface area contributed by atoms with E-state index in [9.17, 15) is 28.4 Å². The number of methoxy groups -OCH3 is 1. The summed E-state index contributed by atoms with van der Waals surface area (Å²) in [6, 6.07) is 20.5. The van der Waals surface area contributed by atoms with Crippen molar-refractivity contribution in [2.45, 2.75) is 63.5 Å². The van der Waals surface area contributed by atoms with Gasteiger partial charge in [-0.25, -0.2) is 8.78 Å². The molecule has 5 aliphatic heterocycles. The van der Waals surface area contributed by atoms with Crippen molar-refractivity contribution in [3.8, 4) is 17.2 Å². The minimum absolute atomic E-state index is 0.0287. The number of carbonyl (C=O) groups excluding carboxylic acids is 5. The predicted octanol–water partition coefficient (Wildman–Crippen LogP) is 7.05. The number of hydrogen-bond donors (Lipinski definition) is 3. The van der Waals surface area contributed by atoms with Gasteiger partial charge in [0.1, 0.15) is 40.3 Å². The van der Waals surface area contributed by atoms with Gasteiger partial charge in [0.05, 0.1) is 35.1 Å². The molecule has 380 valence electrons. The van der Waals surface area contributed by atoms with Crippen LogP contribution in [0.3, 0.4) is 0 Å². The fourth-order valence-electron chi connectivity index (χ4n) is 11.4. The van der Waals surface area contributed by atoms with E-state index < -0.39 is 46.7 Å². The van der Waals surface area contributed by atoms with Gasteiger partial charge in [-0.3, -0.25) is 38.8 Å². The van der Waals surface area contributed by atoms with Crippen molar-refractivity contribution in [3.05, 3.63) is 108 Å². The molecule has 1 saturated carbocycles. The van der Waals surface area contributed by atoms with E-state index in [-0.39, 0.29) is 17.0 Å². The highest BCUT2D eigenvalue weighted by molar-refractivity contribution is 6.23. The second-order valence-corrected chi connectivity index (χ2v) is 20.2. The van der Waals surface area contributed by atoms with Crippen LogP contribution in [0.15, 0.2) is 85.1 Å². The lowest BCUT2D eigenvalue weighted by Gasteiger charge is -2.44. The number of amides is 5. The van der Waals surface area contributed by atoms with Crippen LogP contribution < -0.4 is 35.2 Å². The van der Waals surface area contributed by atoms with Gasteiger partial charge in [0, 0.05) is 94.4 Å². The van der Waals surface area contributed by atoms with Crippen LogP contribution in [0.25, 0.3) is 10.9 Å². The van der Waals surface area contributed by atoms with E-state index in [4.69, 9.17) is 14.5 Å². The zero-order valence-corrected chi connectivity index (χ0v) is 40.8. The largest absolute Gasteiger partial charge is 0.495 e. The third kappa shape index (κ3) is 9.65. The number of hydrogen-bond acceptors (Lipinski definition) is 12. The Morgan fingerprint density at radius 1 is 0.726 bits per heavy atom. The number of pyridine rings is 1. The van der Waals surface area contributed by atoms with Crippen LogP contribution in [0, 0.1) is 23.0 Å². The lowest BCUT2D eigenvalue weighted by molar-refractivity contribution is -0.131. The molecule has 3 N–H and O–H groups in total. The zero-order chi connectivity index (χ0) is 50.4. The average molecular weight is 996 g/mol. The first-order valence-electron chi connectivity index (χ1n) is 25.5. The summed E-state index contributed by atoms with van der Waals surface area (Å²) in [5, 5.41) is 9.13. The van der Waals surface area contributed by atoms with Gasteiger partial charge in [0.2, 0.25) is 17.7 Å². The van der Waals surface area contributed by atoms with Crippen LogP contribution in [0.4, 0.5) is 31.5 Å². The second kappa shape index (κ2) is 20.0. The van der Waals surface area contributed by atoms with Crippen LogP contribution in [0.5, 0.6) is 17.2 Å². The summed E-state index contributed by atoms with van der Waals surface area (Å²) in [6.07, 6.45) is 7.51. The molecule has 1 aliphatic carbocycles. The number of anilines is 4. The Balaban J connectivity index is 0.641. The predicted molar refractivity (Wildman–Crippen MR) is 271 cm³/mol. The van der Waals surface area contributed by atoms with E-state index >= 15 is 4.39 Å². The maximum atomic E-state index is 15.6. The maximum absolute atomic E-state index is 15.6. The van der Waals surface area contributed by atoms with Crippen molar-refractivity contribution in [2.75, 3.05) is 93.0 Å². The van der Waals surface area contributed by atoms with Gasteiger partial charge in [-0.2, -0.15) is 0 Å². The minimum atomic E-state index is -1.17. The number of piperazine rings is 1. The van der Waals surface area contributed by atoms with Crippen LogP contribution in [0.2, 0.25) is 0 Å². The van der Waals surface area contributed by atoms with Crippen LogP contribution in [0.1, 0.15) is 72.1 Å². The molecular weight excluding hydrogens is 937 g/mol. The quantitative estimate of drug-likeness (QED) is 0.0814. The molecule has 16 nitrogen and oxygen atoms in total. The number of aromatic nitrogens is 1. The summed E-state index contributed by atoms with van der Waals surface area (Å²) in [4.78, 5) is 80.7.